The van der Waals surface area contributed by atoms with Gasteiger partial charge in [-0.25, -0.2) is 0 Å². The molecule has 1 saturated carbocycles. The SMILES string of the molecule is N#CCNC(=O)C1(CN)CCCCCC1. The molecule has 0 aliphatic heterocycles. The molecule has 1 aliphatic carbocycles. The van der Waals surface area contributed by atoms with Crippen molar-refractivity contribution in [3.8, 4) is 6.07 Å². The van der Waals surface area contributed by atoms with Gasteiger partial charge in [-0.15, -0.1) is 0 Å². The lowest BCUT2D eigenvalue weighted by molar-refractivity contribution is -0.131. The highest BCUT2D eigenvalue weighted by Crippen LogP contribution is 2.34. The van der Waals surface area contributed by atoms with Crippen LogP contribution in [0.15, 0.2) is 0 Å². The van der Waals surface area contributed by atoms with Gasteiger partial charge in [0.1, 0.15) is 6.54 Å². The number of amides is 1. The lowest BCUT2D eigenvalue weighted by Gasteiger charge is -2.29. The lowest BCUT2D eigenvalue weighted by Crippen LogP contribution is -2.45. The summed E-state index contributed by atoms with van der Waals surface area (Å²) in [5, 5.41) is 11.1. The van der Waals surface area contributed by atoms with E-state index in [0.717, 1.165) is 25.7 Å². The van der Waals surface area contributed by atoms with E-state index >= 15 is 0 Å². The molecule has 1 aliphatic rings. The first kappa shape index (κ1) is 12.0. The Balaban J connectivity index is 2.64. The molecule has 0 atom stereocenters. The predicted molar refractivity (Wildman–Crippen MR) is 57.8 cm³/mol. The third-order valence-corrected chi connectivity index (χ3v) is 3.26. The molecule has 0 aromatic rings. The van der Waals surface area contributed by atoms with Crippen molar-refractivity contribution in [1.82, 2.24) is 5.32 Å². The van der Waals surface area contributed by atoms with Crippen molar-refractivity contribution < 1.29 is 4.79 Å². The standard InChI is InChI=1S/C11H19N3O/c12-7-8-14-10(15)11(9-13)5-3-1-2-4-6-11/h1-6,8-9,13H2,(H,14,15). The summed E-state index contributed by atoms with van der Waals surface area (Å²) in [6, 6.07) is 1.92. The molecule has 4 heteroatoms. The van der Waals surface area contributed by atoms with Gasteiger partial charge in [0, 0.05) is 6.54 Å². The van der Waals surface area contributed by atoms with E-state index in [1.165, 1.54) is 12.8 Å². The maximum absolute atomic E-state index is 11.9. The van der Waals surface area contributed by atoms with Crippen molar-refractivity contribution in [3.05, 3.63) is 0 Å². The van der Waals surface area contributed by atoms with E-state index in [1.807, 2.05) is 6.07 Å². The summed E-state index contributed by atoms with van der Waals surface area (Å²) >= 11 is 0. The lowest BCUT2D eigenvalue weighted by atomic mass is 9.79. The largest absolute Gasteiger partial charge is 0.342 e. The van der Waals surface area contributed by atoms with Crippen LogP contribution in [0, 0.1) is 16.7 Å². The summed E-state index contributed by atoms with van der Waals surface area (Å²) < 4.78 is 0. The second-order valence-corrected chi connectivity index (χ2v) is 4.24. The van der Waals surface area contributed by atoms with Crippen molar-refractivity contribution in [2.45, 2.75) is 38.5 Å². The molecule has 3 N–H and O–H groups in total. The molecule has 0 heterocycles. The highest BCUT2D eigenvalue weighted by atomic mass is 16.2. The van der Waals surface area contributed by atoms with Crippen molar-refractivity contribution in [3.63, 3.8) is 0 Å². The smallest absolute Gasteiger partial charge is 0.228 e. The Morgan fingerprint density at radius 2 is 1.93 bits per heavy atom. The van der Waals surface area contributed by atoms with E-state index in [-0.39, 0.29) is 12.5 Å². The Morgan fingerprint density at radius 1 is 1.33 bits per heavy atom. The van der Waals surface area contributed by atoms with Crippen LogP contribution in [0.25, 0.3) is 0 Å². The van der Waals surface area contributed by atoms with E-state index in [1.54, 1.807) is 0 Å². The molecule has 0 aromatic carbocycles. The van der Waals surface area contributed by atoms with Gasteiger partial charge in [0.05, 0.1) is 11.5 Å². The Hall–Kier alpha value is -1.08. The van der Waals surface area contributed by atoms with Crippen LogP contribution >= 0.6 is 0 Å². The van der Waals surface area contributed by atoms with Crippen molar-refractivity contribution in [2.24, 2.45) is 11.1 Å². The van der Waals surface area contributed by atoms with E-state index in [9.17, 15) is 4.79 Å². The minimum absolute atomic E-state index is 0.0338. The first-order valence-corrected chi connectivity index (χ1v) is 5.60. The highest BCUT2D eigenvalue weighted by molar-refractivity contribution is 5.83. The van der Waals surface area contributed by atoms with Crippen LogP contribution in [-0.4, -0.2) is 19.0 Å². The number of nitrogens with zero attached hydrogens (tertiary/aromatic N) is 1. The average Bonchev–Trinajstić information content (AvgIpc) is 2.52. The fourth-order valence-electron chi connectivity index (χ4n) is 2.24. The zero-order valence-corrected chi connectivity index (χ0v) is 9.09. The zero-order chi connectivity index (χ0) is 11.1. The van der Waals surface area contributed by atoms with E-state index in [4.69, 9.17) is 11.0 Å². The van der Waals surface area contributed by atoms with Gasteiger partial charge in [0.25, 0.3) is 0 Å². The molecule has 0 bridgehead atoms. The van der Waals surface area contributed by atoms with Crippen molar-refractivity contribution in [2.75, 3.05) is 13.1 Å². The Morgan fingerprint density at radius 3 is 2.40 bits per heavy atom. The fourth-order valence-corrected chi connectivity index (χ4v) is 2.24. The molecule has 0 saturated heterocycles. The van der Waals surface area contributed by atoms with Gasteiger partial charge >= 0.3 is 0 Å². The third-order valence-electron chi connectivity index (χ3n) is 3.26. The molecule has 84 valence electrons. The molecule has 1 fully saturated rings. The molecule has 15 heavy (non-hydrogen) atoms. The number of nitrogens with one attached hydrogen (secondary N) is 1. The Kier molecular flexibility index (Phi) is 4.57. The van der Waals surface area contributed by atoms with Crippen LogP contribution in [0.1, 0.15) is 38.5 Å². The number of carbonyl (C=O) groups is 1. The molecule has 0 unspecified atom stereocenters. The van der Waals surface area contributed by atoms with Gasteiger partial charge in [-0.3, -0.25) is 4.79 Å². The summed E-state index contributed by atoms with van der Waals surface area (Å²) in [6.07, 6.45) is 6.23. The molecule has 0 aromatic heterocycles. The first-order valence-electron chi connectivity index (χ1n) is 5.60. The zero-order valence-electron chi connectivity index (χ0n) is 9.09. The number of nitriles is 1. The minimum Gasteiger partial charge on any atom is -0.342 e. The van der Waals surface area contributed by atoms with Gasteiger partial charge < -0.3 is 11.1 Å². The summed E-state index contributed by atoms with van der Waals surface area (Å²) in [5.74, 6) is -0.0338. The molecule has 1 amide bonds. The van der Waals surface area contributed by atoms with E-state index in [0.29, 0.717) is 6.54 Å². The van der Waals surface area contributed by atoms with E-state index in [2.05, 4.69) is 5.32 Å². The molecule has 0 radical (unpaired) electrons. The fraction of sp³-hybridized carbons (Fsp3) is 0.818. The molecule has 0 spiro atoms. The minimum atomic E-state index is -0.409. The summed E-state index contributed by atoms with van der Waals surface area (Å²) in [7, 11) is 0. The molecule has 4 nitrogen and oxygen atoms in total. The topological polar surface area (TPSA) is 78.9 Å². The van der Waals surface area contributed by atoms with E-state index < -0.39 is 5.41 Å². The molecule has 1 rings (SSSR count). The van der Waals surface area contributed by atoms with Gasteiger partial charge in [-0.2, -0.15) is 5.26 Å². The second kappa shape index (κ2) is 5.72. The van der Waals surface area contributed by atoms with Crippen LogP contribution in [0.3, 0.4) is 0 Å². The van der Waals surface area contributed by atoms with Gasteiger partial charge in [-0.05, 0) is 12.8 Å². The van der Waals surface area contributed by atoms with Crippen LogP contribution in [0.5, 0.6) is 0 Å². The number of hydrogen-bond acceptors (Lipinski definition) is 3. The van der Waals surface area contributed by atoms with Crippen LogP contribution in [0.4, 0.5) is 0 Å². The summed E-state index contributed by atoms with van der Waals surface area (Å²) in [5.41, 5.74) is 5.33. The molecular weight excluding hydrogens is 190 g/mol. The van der Waals surface area contributed by atoms with Crippen LogP contribution < -0.4 is 11.1 Å². The van der Waals surface area contributed by atoms with Gasteiger partial charge in [0.15, 0.2) is 0 Å². The molecular formula is C11H19N3O. The monoisotopic (exact) mass is 209 g/mol. The Bertz CT molecular complexity index is 249. The quantitative estimate of drug-likeness (QED) is 0.536. The predicted octanol–water partition coefficient (Wildman–Crippen LogP) is 0.925. The number of rotatable bonds is 3. The number of carbonyl (C=O) groups excluding carboxylic acids is 1. The van der Waals surface area contributed by atoms with Gasteiger partial charge in [0.2, 0.25) is 5.91 Å². The maximum Gasteiger partial charge on any atom is 0.228 e. The van der Waals surface area contributed by atoms with Gasteiger partial charge in [-0.1, -0.05) is 25.7 Å². The van der Waals surface area contributed by atoms with Crippen molar-refractivity contribution >= 4 is 5.91 Å². The average molecular weight is 209 g/mol. The number of hydrogen-bond donors (Lipinski definition) is 2. The first-order chi connectivity index (χ1) is 7.25. The summed E-state index contributed by atoms with van der Waals surface area (Å²) in [4.78, 5) is 11.9. The maximum atomic E-state index is 11.9. The Labute approximate surface area is 90.8 Å². The summed E-state index contributed by atoms with van der Waals surface area (Å²) in [6.45, 7) is 0.477. The normalized spacial score (nSPS) is 20.0. The highest BCUT2D eigenvalue weighted by Gasteiger charge is 2.36. The second-order valence-electron chi connectivity index (χ2n) is 4.24. The number of nitrogens with two attached hydrogens (primary N) is 1. The third kappa shape index (κ3) is 2.93. The van der Waals surface area contributed by atoms with Crippen molar-refractivity contribution in [1.29, 1.82) is 5.26 Å². The van der Waals surface area contributed by atoms with Crippen LogP contribution in [-0.2, 0) is 4.79 Å². The van der Waals surface area contributed by atoms with Crippen LogP contribution in [0.2, 0.25) is 0 Å².